The van der Waals surface area contributed by atoms with E-state index in [-0.39, 0.29) is 5.91 Å². The summed E-state index contributed by atoms with van der Waals surface area (Å²) in [5, 5.41) is 3.21. The first-order valence-electron chi connectivity index (χ1n) is 4.62. The quantitative estimate of drug-likeness (QED) is 0.752. The van der Waals surface area contributed by atoms with E-state index in [1.807, 2.05) is 18.2 Å². The lowest BCUT2D eigenvalue weighted by Crippen LogP contribution is -2.41. The summed E-state index contributed by atoms with van der Waals surface area (Å²) in [6, 6.07) is 5.54. The molecule has 5 nitrogen and oxygen atoms in total. The highest BCUT2D eigenvalue weighted by Gasteiger charge is 2.27. The average molecular weight is 207 g/mol. The molecule has 1 aliphatic heterocycles. The first-order chi connectivity index (χ1) is 7.13. The molecule has 1 N–H and O–H groups in total. The fourth-order valence-corrected chi connectivity index (χ4v) is 1.68. The van der Waals surface area contributed by atoms with Crippen molar-refractivity contribution < 1.29 is 9.53 Å². The molecule has 5 heteroatoms. The molecule has 0 unspecified atom stereocenters. The van der Waals surface area contributed by atoms with Gasteiger partial charge in [0.05, 0.1) is 18.5 Å². The lowest BCUT2D eigenvalue weighted by Gasteiger charge is -2.21. The molecule has 80 valence electrons. The van der Waals surface area contributed by atoms with E-state index in [0.717, 1.165) is 17.1 Å². The van der Waals surface area contributed by atoms with Crippen molar-refractivity contribution in [3.05, 3.63) is 18.2 Å². The second-order valence-electron chi connectivity index (χ2n) is 3.35. The zero-order valence-corrected chi connectivity index (χ0v) is 8.94. The van der Waals surface area contributed by atoms with Gasteiger partial charge in [0.15, 0.2) is 0 Å². The number of ether oxygens (including phenoxy) is 1. The van der Waals surface area contributed by atoms with Gasteiger partial charge in [0.1, 0.15) is 5.75 Å². The van der Waals surface area contributed by atoms with Crippen molar-refractivity contribution in [2.24, 2.45) is 0 Å². The van der Waals surface area contributed by atoms with E-state index in [1.165, 1.54) is 6.92 Å². The predicted molar refractivity (Wildman–Crippen MR) is 57.5 cm³/mol. The predicted octanol–water partition coefficient (Wildman–Crippen LogP) is 1.24. The molecule has 0 spiro atoms. The third-order valence-electron chi connectivity index (χ3n) is 2.31. The Morgan fingerprint density at radius 1 is 1.47 bits per heavy atom. The lowest BCUT2D eigenvalue weighted by molar-refractivity contribution is -0.118. The monoisotopic (exact) mass is 207 g/mol. The number of methoxy groups -OCH3 is 1. The molecule has 0 fully saturated rings. The van der Waals surface area contributed by atoms with E-state index in [9.17, 15) is 4.79 Å². The standard InChI is InChI=1S/C10H13N3O2/c1-7(14)13-10-5-4-8(15-3)6-9(10)11-12(13)2/h4-6,11H,1-3H3. The van der Waals surface area contributed by atoms with Gasteiger partial charge in [-0.05, 0) is 12.1 Å². The minimum absolute atomic E-state index is 0.0334. The molecule has 1 heterocycles. The first-order valence-corrected chi connectivity index (χ1v) is 4.62. The highest BCUT2D eigenvalue weighted by atomic mass is 16.5. The molecule has 0 saturated heterocycles. The number of carbonyl (C=O) groups excluding carboxylic acids is 1. The van der Waals surface area contributed by atoms with Crippen LogP contribution in [-0.2, 0) is 4.79 Å². The highest BCUT2D eigenvalue weighted by molar-refractivity contribution is 5.96. The van der Waals surface area contributed by atoms with E-state index in [1.54, 1.807) is 24.3 Å². The van der Waals surface area contributed by atoms with Crippen LogP contribution in [0.4, 0.5) is 11.4 Å². The molecule has 1 amide bonds. The van der Waals surface area contributed by atoms with Crippen molar-refractivity contribution >= 4 is 17.3 Å². The molecular formula is C10H13N3O2. The number of anilines is 2. The molecule has 0 radical (unpaired) electrons. The topological polar surface area (TPSA) is 44.8 Å². The van der Waals surface area contributed by atoms with Crippen LogP contribution in [0.5, 0.6) is 5.75 Å². The number of hydrazine groups is 2. The Morgan fingerprint density at radius 3 is 2.80 bits per heavy atom. The van der Waals surface area contributed by atoms with Gasteiger partial charge in [-0.1, -0.05) is 0 Å². The van der Waals surface area contributed by atoms with E-state index < -0.39 is 0 Å². The molecule has 0 aliphatic carbocycles. The largest absolute Gasteiger partial charge is 0.497 e. The molecule has 1 aromatic carbocycles. The van der Waals surface area contributed by atoms with Crippen LogP contribution in [-0.4, -0.2) is 25.2 Å². The number of hydrogen-bond donors (Lipinski definition) is 1. The number of nitrogens with one attached hydrogen (secondary N) is 1. The summed E-state index contributed by atoms with van der Waals surface area (Å²) < 4.78 is 5.11. The van der Waals surface area contributed by atoms with Crippen molar-refractivity contribution in [2.45, 2.75) is 6.92 Å². The van der Waals surface area contributed by atoms with Crippen LogP contribution >= 0.6 is 0 Å². The molecule has 15 heavy (non-hydrogen) atoms. The Balaban J connectivity index is 2.43. The van der Waals surface area contributed by atoms with Crippen LogP contribution in [0.2, 0.25) is 0 Å². The van der Waals surface area contributed by atoms with Gasteiger partial charge in [-0.2, -0.15) is 0 Å². The van der Waals surface area contributed by atoms with Crippen molar-refractivity contribution in [3.8, 4) is 5.75 Å². The normalized spacial score (nSPS) is 14.7. The van der Waals surface area contributed by atoms with E-state index >= 15 is 0 Å². The number of rotatable bonds is 1. The number of amides is 1. The summed E-state index contributed by atoms with van der Waals surface area (Å²) in [6.45, 7) is 1.53. The summed E-state index contributed by atoms with van der Waals surface area (Å²) in [4.78, 5) is 11.4. The summed E-state index contributed by atoms with van der Waals surface area (Å²) in [7, 11) is 3.40. The SMILES string of the molecule is COc1ccc2c(c1)NN(C)N2C(C)=O. The van der Waals surface area contributed by atoms with Gasteiger partial charge >= 0.3 is 0 Å². The van der Waals surface area contributed by atoms with E-state index in [0.29, 0.717) is 0 Å². The van der Waals surface area contributed by atoms with Crippen LogP contribution in [0, 0.1) is 0 Å². The summed E-state index contributed by atoms with van der Waals surface area (Å²) >= 11 is 0. The lowest BCUT2D eigenvalue weighted by atomic mass is 10.2. The first kappa shape index (κ1) is 9.79. The Hall–Kier alpha value is -1.75. The van der Waals surface area contributed by atoms with Crippen LogP contribution in [0.3, 0.4) is 0 Å². The van der Waals surface area contributed by atoms with Gasteiger partial charge in [0, 0.05) is 20.0 Å². The fraction of sp³-hybridized carbons (Fsp3) is 0.300. The minimum atomic E-state index is -0.0334. The Labute approximate surface area is 88.2 Å². The molecule has 0 aromatic heterocycles. The smallest absolute Gasteiger partial charge is 0.239 e. The van der Waals surface area contributed by atoms with Crippen molar-refractivity contribution in [1.29, 1.82) is 0 Å². The third-order valence-corrected chi connectivity index (χ3v) is 2.31. The van der Waals surface area contributed by atoms with Gasteiger partial charge in [-0.3, -0.25) is 10.2 Å². The fourth-order valence-electron chi connectivity index (χ4n) is 1.68. The van der Waals surface area contributed by atoms with Crippen molar-refractivity contribution in [1.82, 2.24) is 5.12 Å². The maximum Gasteiger partial charge on any atom is 0.239 e. The molecule has 0 saturated carbocycles. The second-order valence-corrected chi connectivity index (χ2v) is 3.35. The minimum Gasteiger partial charge on any atom is -0.497 e. The van der Waals surface area contributed by atoms with E-state index in [2.05, 4.69) is 5.43 Å². The number of nitrogens with zero attached hydrogens (tertiary/aromatic N) is 2. The third kappa shape index (κ3) is 1.50. The molecule has 2 rings (SSSR count). The van der Waals surface area contributed by atoms with Gasteiger partial charge < -0.3 is 4.74 Å². The molecule has 1 aromatic rings. The van der Waals surface area contributed by atoms with Gasteiger partial charge in [-0.15, -0.1) is 5.12 Å². The van der Waals surface area contributed by atoms with E-state index in [4.69, 9.17) is 4.74 Å². The zero-order chi connectivity index (χ0) is 11.0. The Bertz CT molecular complexity index is 406. The maximum absolute atomic E-state index is 11.4. The highest BCUT2D eigenvalue weighted by Crippen LogP contribution is 2.35. The zero-order valence-electron chi connectivity index (χ0n) is 8.94. The molecule has 0 bridgehead atoms. The van der Waals surface area contributed by atoms with Crippen LogP contribution in [0.1, 0.15) is 6.92 Å². The molecular weight excluding hydrogens is 194 g/mol. The van der Waals surface area contributed by atoms with Crippen LogP contribution < -0.4 is 15.2 Å². The summed E-state index contributed by atoms with van der Waals surface area (Å²) in [6.07, 6.45) is 0. The van der Waals surface area contributed by atoms with Crippen LogP contribution in [0.15, 0.2) is 18.2 Å². The average Bonchev–Trinajstić information content (AvgIpc) is 2.52. The Morgan fingerprint density at radius 2 is 2.20 bits per heavy atom. The van der Waals surface area contributed by atoms with Gasteiger partial charge in [-0.25, -0.2) is 5.01 Å². The van der Waals surface area contributed by atoms with Gasteiger partial charge in [0.2, 0.25) is 5.91 Å². The van der Waals surface area contributed by atoms with Crippen molar-refractivity contribution in [2.75, 3.05) is 24.6 Å². The van der Waals surface area contributed by atoms with Crippen LogP contribution in [0.25, 0.3) is 0 Å². The van der Waals surface area contributed by atoms with Gasteiger partial charge in [0.25, 0.3) is 0 Å². The second kappa shape index (κ2) is 3.43. The number of carbonyl (C=O) groups is 1. The number of hydrogen-bond acceptors (Lipinski definition) is 4. The summed E-state index contributed by atoms with van der Waals surface area (Å²) in [5.41, 5.74) is 4.77. The Kier molecular flexibility index (Phi) is 2.24. The molecule has 0 atom stereocenters. The number of fused-ring (bicyclic) bond motifs is 1. The number of benzene rings is 1. The maximum atomic E-state index is 11.4. The summed E-state index contributed by atoms with van der Waals surface area (Å²) in [5.74, 6) is 0.731. The van der Waals surface area contributed by atoms with Crippen molar-refractivity contribution in [3.63, 3.8) is 0 Å². The molecule has 1 aliphatic rings.